The average Bonchev–Trinajstić information content (AvgIpc) is 3.40. The molecule has 2 heterocycles. The van der Waals surface area contributed by atoms with Gasteiger partial charge in [0.2, 0.25) is 5.82 Å². The van der Waals surface area contributed by atoms with Gasteiger partial charge in [-0.2, -0.15) is 4.80 Å². The zero-order valence-corrected chi connectivity index (χ0v) is 20.4. The number of amides is 1. The van der Waals surface area contributed by atoms with Crippen LogP contribution in [0.3, 0.4) is 0 Å². The molecule has 0 radical (unpaired) electrons. The lowest BCUT2D eigenvalue weighted by molar-refractivity contribution is 0.0960. The van der Waals surface area contributed by atoms with Crippen LogP contribution in [0.25, 0.3) is 22.4 Å². The molecule has 0 fully saturated rings. The highest BCUT2D eigenvalue weighted by molar-refractivity contribution is 6.07. The van der Waals surface area contributed by atoms with Crippen molar-refractivity contribution < 1.29 is 23.5 Å². The Bertz CT molecular complexity index is 1710. The number of methoxy groups -OCH3 is 2. The summed E-state index contributed by atoms with van der Waals surface area (Å²) in [6, 6.07) is 20.0. The summed E-state index contributed by atoms with van der Waals surface area (Å²) in [6.45, 7) is -0.130. The van der Waals surface area contributed by atoms with Gasteiger partial charge in [-0.05, 0) is 53.7 Å². The lowest BCUT2D eigenvalue weighted by Crippen LogP contribution is -2.21. The molecule has 1 N–H and O–H groups in total. The van der Waals surface area contributed by atoms with E-state index in [9.17, 15) is 14.4 Å². The van der Waals surface area contributed by atoms with Gasteiger partial charge >= 0.3 is 5.63 Å². The van der Waals surface area contributed by atoms with E-state index in [-0.39, 0.29) is 29.3 Å². The first-order valence-electron chi connectivity index (χ1n) is 11.4. The number of anilines is 1. The lowest BCUT2D eigenvalue weighted by atomic mass is 10.1. The van der Waals surface area contributed by atoms with Gasteiger partial charge in [0.05, 0.1) is 19.9 Å². The van der Waals surface area contributed by atoms with E-state index in [2.05, 4.69) is 20.7 Å². The van der Waals surface area contributed by atoms with Crippen LogP contribution in [0.4, 0.5) is 5.69 Å². The van der Waals surface area contributed by atoms with Crippen LogP contribution in [0.1, 0.15) is 20.7 Å². The van der Waals surface area contributed by atoms with Crippen molar-refractivity contribution >= 4 is 28.3 Å². The average molecular weight is 511 g/mol. The van der Waals surface area contributed by atoms with Crippen molar-refractivity contribution in [2.45, 2.75) is 6.54 Å². The number of carbonyl (C=O) groups excluding carboxylic acids is 2. The highest BCUT2D eigenvalue weighted by atomic mass is 16.5. The number of hydrogen-bond donors (Lipinski definition) is 1. The van der Waals surface area contributed by atoms with Gasteiger partial charge in [-0.3, -0.25) is 9.59 Å². The molecule has 0 unspecified atom stereocenters. The second-order valence-corrected chi connectivity index (χ2v) is 8.12. The van der Waals surface area contributed by atoms with E-state index in [1.54, 1.807) is 73.8 Å². The Morgan fingerprint density at radius 3 is 2.53 bits per heavy atom. The van der Waals surface area contributed by atoms with E-state index >= 15 is 0 Å². The predicted octanol–water partition coefficient (Wildman–Crippen LogP) is 3.60. The summed E-state index contributed by atoms with van der Waals surface area (Å²) in [6.07, 6.45) is 0. The standard InChI is InChI=1S/C27H21N5O6/c1-36-18-12-10-16(11-13-18)22(33)15-32-30-25(29-31-32)19-7-3-4-8-21(19)28-26(34)20-14-17-6-5-9-23(37-2)24(17)38-27(20)35/h3-14H,15H2,1-2H3,(H,28,34). The van der Waals surface area contributed by atoms with Crippen LogP contribution in [-0.4, -0.2) is 46.1 Å². The zero-order chi connectivity index (χ0) is 26.6. The summed E-state index contributed by atoms with van der Waals surface area (Å²) in [4.78, 5) is 39.4. The Kier molecular flexibility index (Phi) is 6.64. The van der Waals surface area contributed by atoms with Crippen LogP contribution >= 0.6 is 0 Å². The van der Waals surface area contributed by atoms with Gasteiger partial charge in [0.25, 0.3) is 5.91 Å². The predicted molar refractivity (Wildman–Crippen MR) is 138 cm³/mol. The second kappa shape index (κ2) is 10.3. The fourth-order valence-corrected chi connectivity index (χ4v) is 3.83. The number of rotatable bonds is 8. The minimum Gasteiger partial charge on any atom is -0.497 e. The van der Waals surface area contributed by atoms with E-state index < -0.39 is 11.5 Å². The fraction of sp³-hybridized carbons (Fsp3) is 0.111. The van der Waals surface area contributed by atoms with E-state index in [0.717, 1.165) is 0 Å². The molecule has 190 valence electrons. The van der Waals surface area contributed by atoms with E-state index in [0.29, 0.717) is 33.7 Å². The Morgan fingerprint density at radius 2 is 1.76 bits per heavy atom. The molecule has 1 amide bonds. The second-order valence-electron chi connectivity index (χ2n) is 8.12. The molecule has 0 aliphatic rings. The van der Waals surface area contributed by atoms with Crippen LogP contribution in [0.15, 0.2) is 82.0 Å². The monoisotopic (exact) mass is 511 g/mol. The SMILES string of the molecule is COc1ccc(C(=O)Cn2nnc(-c3ccccc3NC(=O)c3cc4cccc(OC)c4oc3=O)n2)cc1. The number of carbonyl (C=O) groups is 2. The molecule has 0 saturated heterocycles. The number of benzene rings is 3. The normalized spacial score (nSPS) is 10.8. The number of ketones is 1. The Balaban J connectivity index is 1.37. The summed E-state index contributed by atoms with van der Waals surface area (Å²) < 4.78 is 15.7. The number of hydrogen-bond acceptors (Lipinski definition) is 9. The Labute approximate surface area is 215 Å². The molecule has 5 aromatic rings. The quantitative estimate of drug-likeness (QED) is 0.245. The number of nitrogens with one attached hydrogen (secondary N) is 1. The maximum absolute atomic E-state index is 13.1. The molecule has 11 nitrogen and oxygen atoms in total. The first kappa shape index (κ1) is 24.4. The van der Waals surface area contributed by atoms with Crippen LogP contribution in [0.5, 0.6) is 11.5 Å². The number of para-hydroxylation sites is 2. The molecule has 0 atom stereocenters. The number of nitrogens with zero attached hydrogens (tertiary/aromatic N) is 4. The molecule has 0 aliphatic carbocycles. The van der Waals surface area contributed by atoms with E-state index in [4.69, 9.17) is 13.9 Å². The summed E-state index contributed by atoms with van der Waals surface area (Å²) in [7, 11) is 3.01. The van der Waals surface area contributed by atoms with Crippen LogP contribution < -0.4 is 20.4 Å². The van der Waals surface area contributed by atoms with Crippen molar-refractivity contribution in [1.82, 2.24) is 20.2 Å². The Hall–Kier alpha value is -5.32. The number of ether oxygens (including phenoxy) is 2. The highest BCUT2D eigenvalue weighted by Gasteiger charge is 2.19. The van der Waals surface area contributed by atoms with Gasteiger partial charge in [-0.25, -0.2) is 4.79 Å². The van der Waals surface area contributed by atoms with Crippen molar-refractivity contribution in [3.8, 4) is 22.9 Å². The third-order valence-corrected chi connectivity index (χ3v) is 5.75. The van der Waals surface area contributed by atoms with Crippen molar-refractivity contribution in [3.63, 3.8) is 0 Å². The third-order valence-electron chi connectivity index (χ3n) is 5.75. The summed E-state index contributed by atoms with van der Waals surface area (Å²) >= 11 is 0. The topological polar surface area (TPSA) is 138 Å². The van der Waals surface area contributed by atoms with Gasteiger partial charge < -0.3 is 19.2 Å². The maximum atomic E-state index is 13.1. The minimum absolute atomic E-state index is 0.130. The summed E-state index contributed by atoms with van der Waals surface area (Å²) in [5.74, 6) is 0.341. The summed E-state index contributed by atoms with van der Waals surface area (Å²) in [5, 5.41) is 15.6. The van der Waals surface area contributed by atoms with Gasteiger partial charge in [0, 0.05) is 16.5 Å². The molecule has 0 spiro atoms. The molecule has 38 heavy (non-hydrogen) atoms. The molecule has 3 aromatic carbocycles. The van der Waals surface area contributed by atoms with Crippen LogP contribution in [0, 0.1) is 0 Å². The number of Topliss-reactive ketones (excluding diaryl/α,β-unsaturated/α-hetero) is 1. The van der Waals surface area contributed by atoms with Gasteiger partial charge in [0.15, 0.2) is 17.1 Å². The maximum Gasteiger partial charge on any atom is 0.349 e. The van der Waals surface area contributed by atoms with E-state index in [1.165, 1.54) is 18.0 Å². The van der Waals surface area contributed by atoms with Gasteiger partial charge in [0.1, 0.15) is 17.9 Å². The molecular formula is C27H21N5O6. The Morgan fingerprint density at radius 1 is 0.974 bits per heavy atom. The van der Waals surface area contributed by atoms with Gasteiger partial charge in [-0.15, -0.1) is 10.2 Å². The number of fused-ring (bicyclic) bond motifs is 1. The van der Waals surface area contributed by atoms with Crippen molar-refractivity contribution in [2.24, 2.45) is 0 Å². The first-order valence-corrected chi connectivity index (χ1v) is 11.4. The minimum atomic E-state index is -0.807. The van der Waals surface area contributed by atoms with Crippen molar-refractivity contribution in [3.05, 3.63) is 94.3 Å². The van der Waals surface area contributed by atoms with Crippen LogP contribution in [0.2, 0.25) is 0 Å². The van der Waals surface area contributed by atoms with Crippen molar-refractivity contribution in [2.75, 3.05) is 19.5 Å². The fourth-order valence-electron chi connectivity index (χ4n) is 3.83. The van der Waals surface area contributed by atoms with E-state index in [1.807, 2.05) is 0 Å². The number of aromatic nitrogens is 4. The largest absolute Gasteiger partial charge is 0.497 e. The molecular weight excluding hydrogens is 490 g/mol. The molecule has 0 saturated carbocycles. The smallest absolute Gasteiger partial charge is 0.349 e. The lowest BCUT2D eigenvalue weighted by Gasteiger charge is -2.09. The number of tetrazole rings is 1. The highest BCUT2D eigenvalue weighted by Crippen LogP contribution is 2.27. The first-order chi connectivity index (χ1) is 18.5. The summed E-state index contributed by atoms with van der Waals surface area (Å²) in [5.41, 5.74) is 0.547. The molecule has 0 aliphatic heterocycles. The van der Waals surface area contributed by atoms with Crippen LogP contribution in [-0.2, 0) is 6.54 Å². The third kappa shape index (κ3) is 4.85. The molecule has 11 heteroatoms. The zero-order valence-electron chi connectivity index (χ0n) is 20.4. The molecule has 2 aromatic heterocycles. The van der Waals surface area contributed by atoms with Gasteiger partial charge in [-0.1, -0.05) is 24.3 Å². The molecule has 5 rings (SSSR count). The molecule has 0 bridgehead atoms. The van der Waals surface area contributed by atoms with Crippen molar-refractivity contribution in [1.29, 1.82) is 0 Å².